The third-order valence-electron chi connectivity index (χ3n) is 1.62. The van der Waals surface area contributed by atoms with Crippen LogP contribution in [0.2, 0.25) is 0 Å². The number of carbonyl (C=O) groups is 1. The quantitative estimate of drug-likeness (QED) is 0.532. The minimum Gasteiger partial charge on any atom is -0.459 e. The first-order valence-electron chi connectivity index (χ1n) is 4.99. The highest BCUT2D eigenvalue weighted by Crippen LogP contribution is 2.03. The van der Waals surface area contributed by atoms with Gasteiger partial charge >= 0.3 is 11.9 Å². The third-order valence-corrected chi connectivity index (χ3v) is 1.62. The predicted molar refractivity (Wildman–Crippen MR) is 50.8 cm³/mol. The SMILES string of the molecule is CCOC(=O)c1nnc(CCOCC(F)F)o1. The summed E-state index contributed by atoms with van der Waals surface area (Å²) >= 11 is 0. The van der Waals surface area contributed by atoms with Crippen molar-refractivity contribution >= 4 is 5.97 Å². The van der Waals surface area contributed by atoms with Crippen LogP contribution in [0.15, 0.2) is 4.42 Å². The molecule has 1 heterocycles. The van der Waals surface area contributed by atoms with Crippen molar-refractivity contribution < 1.29 is 27.5 Å². The molecule has 0 fully saturated rings. The summed E-state index contributed by atoms with van der Waals surface area (Å²) in [5, 5.41) is 7.00. The zero-order valence-electron chi connectivity index (χ0n) is 9.19. The molecule has 1 aromatic rings. The van der Waals surface area contributed by atoms with Crippen molar-refractivity contribution in [3.05, 3.63) is 11.8 Å². The molecule has 0 spiro atoms. The van der Waals surface area contributed by atoms with Crippen molar-refractivity contribution in [2.45, 2.75) is 19.8 Å². The van der Waals surface area contributed by atoms with E-state index in [-0.39, 0.29) is 31.4 Å². The minimum atomic E-state index is -2.51. The molecule has 1 aromatic heterocycles. The maximum absolute atomic E-state index is 11.7. The summed E-state index contributed by atoms with van der Waals surface area (Å²) in [5.74, 6) is -0.822. The lowest BCUT2D eigenvalue weighted by molar-refractivity contribution is 0.0172. The molecule has 0 amide bonds. The smallest absolute Gasteiger partial charge is 0.396 e. The Balaban J connectivity index is 2.33. The molecule has 0 N–H and O–H groups in total. The molecule has 0 saturated heterocycles. The Morgan fingerprint density at radius 3 is 2.88 bits per heavy atom. The molecule has 0 unspecified atom stereocenters. The van der Waals surface area contributed by atoms with E-state index in [4.69, 9.17) is 4.42 Å². The van der Waals surface area contributed by atoms with Crippen LogP contribution < -0.4 is 0 Å². The van der Waals surface area contributed by atoms with Crippen molar-refractivity contribution in [3.8, 4) is 0 Å². The monoisotopic (exact) mass is 250 g/mol. The van der Waals surface area contributed by atoms with E-state index in [2.05, 4.69) is 19.7 Å². The van der Waals surface area contributed by atoms with E-state index in [0.717, 1.165) is 0 Å². The number of halogens is 2. The molecule has 6 nitrogen and oxygen atoms in total. The fourth-order valence-electron chi connectivity index (χ4n) is 0.962. The van der Waals surface area contributed by atoms with Crippen LogP contribution in [0, 0.1) is 0 Å². The number of aromatic nitrogens is 2. The van der Waals surface area contributed by atoms with Crippen LogP contribution in [0.4, 0.5) is 8.78 Å². The van der Waals surface area contributed by atoms with Crippen molar-refractivity contribution in [2.24, 2.45) is 0 Å². The zero-order chi connectivity index (χ0) is 12.7. The average Bonchev–Trinajstić information content (AvgIpc) is 2.73. The molecule has 0 aliphatic heterocycles. The summed E-state index contributed by atoms with van der Waals surface area (Å²) in [7, 11) is 0. The fraction of sp³-hybridized carbons (Fsp3) is 0.667. The van der Waals surface area contributed by atoms with Crippen molar-refractivity contribution in [2.75, 3.05) is 19.8 Å². The summed E-state index contributed by atoms with van der Waals surface area (Å²) in [4.78, 5) is 11.1. The van der Waals surface area contributed by atoms with Crippen molar-refractivity contribution in [1.82, 2.24) is 10.2 Å². The van der Waals surface area contributed by atoms with E-state index < -0.39 is 19.0 Å². The molecule has 96 valence electrons. The first-order valence-corrected chi connectivity index (χ1v) is 4.99. The van der Waals surface area contributed by atoms with Gasteiger partial charge in [0.1, 0.15) is 6.61 Å². The number of hydrogen-bond acceptors (Lipinski definition) is 6. The van der Waals surface area contributed by atoms with E-state index in [1.165, 1.54) is 0 Å². The summed E-state index contributed by atoms with van der Waals surface area (Å²) in [6.07, 6.45) is -2.34. The Morgan fingerprint density at radius 1 is 1.47 bits per heavy atom. The first-order chi connectivity index (χ1) is 8.13. The third kappa shape index (κ3) is 4.85. The molecule has 17 heavy (non-hydrogen) atoms. The van der Waals surface area contributed by atoms with Gasteiger partial charge < -0.3 is 13.9 Å². The summed E-state index contributed by atoms with van der Waals surface area (Å²) < 4.78 is 37.6. The standard InChI is InChI=1S/C9H12F2N2O4/c1-2-16-9(14)8-13-12-7(17-8)3-4-15-5-6(10)11/h6H,2-5H2,1H3. The first kappa shape index (κ1) is 13.5. The molecule has 8 heteroatoms. The summed E-state index contributed by atoms with van der Waals surface area (Å²) in [6, 6.07) is 0. The molecule has 0 aliphatic rings. The topological polar surface area (TPSA) is 74.5 Å². The van der Waals surface area contributed by atoms with Gasteiger partial charge in [0.05, 0.1) is 13.2 Å². The molecule has 0 atom stereocenters. The minimum absolute atomic E-state index is 0.0226. The second kappa shape index (κ2) is 6.89. The number of esters is 1. The second-order valence-corrected chi connectivity index (χ2v) is 2.94. The number of alkyl halides is 2. The van der Waals surface area contributed by atoms with Crippen LogP contribution in [0.5, 0.6) is 0 Å². The van der Waals surface area contributed by atoms with Crippen molar-refractivity contribution in [3.63, 3.8) is 0 Å². The van der Waals surface area contributed by atoms with E-state index >= 15 is 0 Å². The van der Waals surface area contributed by atoms with Gasteiger partial charge in [-0.05, 0) is 6.92 Å². The van der Waals surface area contributed by atoms with E-state index in [1.807, 2.05) is 0 Å². The second-order valence-electron chi connectivity index (χ2n) is 2.94. The maximum atomic E-state index is 11.7. The van der Waals surface area contributed by atoms with Crippen LogP contribution in [0.25, 0.3) is 0 Å². The number of nitrogens with zero attached hydrogens (tertiary/aromatic N) is 2. The summed E-state index contributed by atoms with van der Waals surface area (Å²) in [5.41, 5.74) is 0. The van der Waals surface area contributed by atoms with E-state index in [1.54, 1.807) is 6.92 Å². The Labute approximate surface area is 95.9 Å². The Hall–Kier alpha value is -1.57. The van der Waals surface area contributed by atoms with Gasteiger partial charge in [-0.1, -0.05) is 0 Å². The lowest BCUT2D eigenvalue weighted by Gasteiger charge is -1.99. The fourth-order valence-corrected chi connectivity index (χ4v) is 0.962. The van der Waals surface area contributed by atoms with Crippen molar-refractivity contribution in [1.29, 1.82) is 0 Å². The highest BCUT2D eigenvalue weighted by molar-refractivity contribution is 5.83. The van der Waals surface area contributed by atoms with Crippen LogP contribution in [0.1, 0.15) is 23.5 Å². The highest BCUT2D eigenvalue weighted by atomic mass is 19.3. The van der Waals surface area contributed by atoms with Gasteiger partial charge in [0.2, 0.25) is 5.89 Å². The molecule has 0 aliphatic carbocycles. The summed E-state index contributed by atoms with van der Waals surface area (Å²) in [6.45, 7) is 1.23. The largest absolute Gasteiger partial charge is 0.459 e. The number of ether oxygens (including phenoxy) is 2. The average molecular weight is 250 g/mol. The molecule has 0 aromatic carbocycles. The lowest BCUT2D eigenvalue weighted by atomic mass is 10.4. The van der Waals surface area contributed by atoms with Gasteiger partial charge in [-0.2, -0.15) is 0 Å². The molecular weight excluding hydrogens is 238 g/mol. The molecule has 0 radical (unpaired) electrons. The molecule has 0 saturated carbocycles. The maximum Gasteiger partial charge on any atom is 0.396 e. The molecule has 1 rings (SSSR count). The van der Waals surface area contributed by atoms with Gasteiger partial charge in [-0.3, -0.25) is 0 Å². The zero-order valence-corrected chi connectivity index (χ0v) is 9.19. The van der Waals surface area contributed by atoms with Gasteiger partial charge in [-0.15, -0.1) is 10.2 Å². The number of hydrogen-bond donors (Lipinski definition) is 0. The Bertz CT molecular complexity index is 357. The van der Waals surface area contributed by atoms with Crippen LogP contribution in [-0.2, 0) is 15.9 Å². The molecule has 0 bridgehead atoms. The lowest BCUT2D eigenvalue weighted by Crippen LogP contribution is -2.07. The highest BCUT2D eigenvalue weighted by Gasteiger charge is 2.15. The Morgan fingerprint density at radius 2 is 2.24 bits per heavy atom. The van der Waals surface area contributed by atoms with Gasteiger partial charge in [0, 0.05) is 6.42 Å². The van der Waals surface area contributed by atoms with Gasteiger partial charge in [-0.25, -0.2) is 13.6 Å². The van der Waals surface area contributed by atoms with Gasteiger partial charge in [0.15, 0.2) is 0 Å². The van der Waals surface area contributed by atoms with E-state index in [9.17, 15) is 13.6 Å². The van der Waals surface area contributed by atoms with Crippen LogP contribution >= 0.6 is 0 Å². The van der Waals surface area contributed by atoms with Crippen LogP contribution in [0.3, 0.4) is 0 Å². The van der Waals surface area contributed by atoms with Crippen LogP contribution in [-0.4, -0.2) is 42.4 Å². The van der Waals surface area contributed by atoms with Gasteiger partial charge in [0.25, 0.3) is 6.43 Å². The van der Waals surface area contributed by atoms with E-state index in [0.29, 0.717) is 0 Å². The number of rotatable bonds is 7. The molecular formula is C9H12F2N2O4. The number of carbonyl (C=O) groups excluding carboxylic acids is 1. The predicted octanol–water partition coefficient (Wildman–Crippen LogP) is 1.07. The Kier molecular flexibility index (Phi) is 5.47. The normalized spacial score (nSPS) is 10.8.